The van der Waals surface area contributed by atoms with Crippen LogP contribution in [0.2, 0.25) is 0 Å². The van der Waals surface area contributed by atoms with Crippen molar-refractivity contribution in [2.45, 2.75) is 77.1 Å². The zero-order valence-corrected chi connectivity index (χ0v) is 15.8. The average molecular weight is 347 g/mol. The molecule has 25 heavy (non-hydrogen) atoms. The van der Waals surface area contributed by atoms with Gasteiger partial charge >= 0.3 is 0 Å². The summed E-state index contributed by atoms with van der Waals surface area (Å²) in [5, 5.41) is 31.3. The SMILES string of the molecule is CO[C@H]1C[C@@]2(C)C(CC[C@@H]3C2[C@@H](O)C[C@@]2(C)C3CC[C@@H]2C#N)C[C@@H]1O. The van der Waals surface area contributed by atoms with Crippen LogP contribution in [-0.4, -0.2) is 35.6 Å². The zero-order valence-electron chi connectivity index (χ0n) is 15.8. The molecule has 0 saturated heterocycles. The second-order valence-corrected chi connectivity index (χ2v) is 9.89. The van der Waals surface area contributed by atoms with E-state index in [9.17, 15) is 15.5 Å². The highest BCUT2D eigenvalue weighted by Crippen LogP contribution is 2.67. The van der Waals surface area contributed by atoms with Crippen molar-refractivity contribution in [3.63, 3.8) is 0 Å². The minimum absolute atomic E-state index is 0.0205. The third kappa shape index (κ3) is 2.35. The number of aliphatic hydroxyl groups excluding tert-OH is 2. The van der Waals surface area contributed by atoms with Crippen molar-refractivity contribution in [1.29, 1.82) is 5.26 Å². The van der Waals surface area contributed by atoms with Gasteiger partial charge in [-0.15, -0.1) is 0 Å². The van der Waals surface area contributed by atoms with E-state index in [4.69, 9.17) is 4.74 Å². The minimum Gasteiger partial charge on any atom is -0.393 e. The molecular weight excluding hydrogens is 314 g/mol. The summed E-state index contributed by atoms with van der Waals surface area (Å²) in [5.41, 5.74) is 0.0155. The van der Waals surface area contributed by atoms with Gasteiger partial charge in [-0.25, -0.2) is 0 Å². The molecular formula is C21H33NO3. The number of nitriles is 1. The van der Waals surface area contributed by atoms with E-state index in [1.54, 1.807) is 7.11 Å². The third-order valence-electron chi connectivity index (χ3n) is 9.05. The molecule has 4 nitrogen and oxygen atoms in total. The molecule has 4 aliphatic rings. The standard InChI is InChI=1S/C21H33NO3/c1-20-9-17(24)19-14(15(20)7-5-13(20)11-22)6-4-12-8-16(23)18(25-3)10-21(12,19)2/h12-19,23-24H,4-10H2,1-3H3/t12?,13-,14+,15?,16+,17+,18+,19?,20-,21+/m1/s1. The molecule has 0 aromatic rings. The zero-order chi connectivity index (χ0) is 18.0. The monoisotopic (exact) mass is 347 g/mol. The van der Waals surface area contributed by atoms with Gasteiger partial charge in [0.25, 0.3) is 0 Å². The van der Waals surface area contributed by atoms with Gasteiger partial charge in [0.1, 0.15) is 0 Å². The van der Waals surface area contributed by atoms with Crippen molar-refractivity contribution < 1.29 is 14.9 Å². The van der Waals surface area contributed by atoms with Gasteiger partial charge in [-0.3, -0.25) is 0 Å². The lowest BCUT2D eigenvalue weighted by atomic mass is 9.43. The first-order chi connectivity index (χ1) is 11.8. The lowest BCUT2D eigenvalue weighted by Crippen LogP contribution is -2.61. The van der Waals surface area contributed by atoms with Crippen LogP contribution in [0.3, 0.4) is 0 Å². The van der Waals surface area contributed by atoms with Crippen molar-refractivity contribution in [3.05, 3.63) is 0 Å². The van der Waals surface area contributed by atoms with E-state index in [-0.39, 0.29) is 41.0 Å². The molecule has 0 bridgehead atoms. The number of ether oxygens (including phenoxy) is 1. The number of fused-ring (bicyclic) bond motifs is 5. The Morgan fingerprint density at radius 1 is 1.00 bits per heavy atom. The number of rotatable bonds is 1. The highest BCUT2D eigenvalue weighted by molar-refractivity contribution is 5.15. The molecule has 4 rings (SSSR count). The molecule has 0 amide bonds. The fourth-order valence-electron chi connectivity index (χ4n) is 7.83. The molecule has 0 aromatic heterocycles. The van der Waals surface area contributed by atoms with Crippen LogP contribution >= 0.6 is 0 Å². The second-order valence-electron chi connectivity index (χ2n) is 9.89. The van der Waals surface area contributed by atoms with Crippen molar-refractivity contribution >= 4 is 0 Å². The lowest BCUT2D eigenvalue weighted by molar-refractivity contribution is -0.198. The van der Waals surface area contributed by atoms with Crippen molar-refractivity contribution in [3.8, 4) is 6.07 Å². The van der Waals surface area contributed by atoms with Crippen LogP contribution in [0, 0.1) is 51.8 Å². The smallest absolute Gasteiger partial charge is 0.0835 e. The van der Waals surface area contributed by atoms with E-state index in [0.717, 1.165) is 44.9 Å². The summed E-state index contributed by atoms with van der Waals surface area (Å²) in [6.45, 7) is 4.60. The van der Waals surface area contributed by atoms with Crippen LogP contribution < -0.4 is 0 Å². The average Bonchev–Trinajstić information content (AvgIpc) is 2.90. The van der Waals surface area contributed by atoms with Crippen LogP contribution in [0.5, 0.6) is 0 Å². The molecule has 140 valence electrons. The van der Waals surface area contributed by atoms with Crippen LogP contribution in [0.1, 0.15) is 58.8 Å². The van der Waals surface area contributed by atoms with E-state index in [1.165, 1.54) is 0 Å². The van der Waals surface area contributed by atoms with Gasteiger partial charge in [0.05, 0.1) is 30.3 Å². The van der Waals surface area contributed by atoms with Gasteiger partial charge in [-0.1, -0.05) is 13.8 Å². The summed E-state index contributed by atoms with van der Waals surface area (Å²) in [5.74, 6) is 1.94. The van der Waals surface area contributed by atoms with Crippen LogP contribution in [0.25, 0.3) is 0 Å². The van der Waals surface area contributed by atoms with Crippen LogP contribution in [0.15, 0.2) is 0 Å². The van der Waals surface area contributed by atoms with E-state index in [1.807, 2.05) is 0 Å². The van der Waals surface area contributed by atoms with Crippen LogP contribution in [-0.2, 0) is 4.74 Å². The number of hydrogen-bond donors (Lipinski definition) is 2. The maximum absolute atomic E-state index is 11.2. The second kappa shape index (κ2) is 5.94. The fraction of sp³-hybridized carbons (Fsp3) is 0.952. The molecule has 10 atom stereocenters. The lowest BCUT2D eigenvalue weighted by Gasteiger charge is -2.62. The predicted molar refractivity (Wildman–Crippen MR) is 94.4 cm³/mol. The highest BCUT2D eigenvalue weighted by atomic mass is 16.5. The summed E-state index contributed by atoms with van der Waals surface area (Å²) in [6, 6.07) is 2.54. The predicted octanol–water partition coefficient (Wildman–Crippen LogP) is 3.13. The Kier molecular flexibility index (Phi) is 4.22. The van der Waals surface area contributed by atoms with Gasteiger partial charge in [-0.05, 0) is 79.4 Å². The summed E-state index contributed by atoms with van der Waals surface area (Å²) in [6.07, 6.45) is 6.00. The highest BCUT2D eigenvalue weighted by Gasteiger charge is 2.64. The van der Waals surface area contributed by atoms with E-state index < -0.39 is 0 Å². The van der Waals surface area contributed by atoms with Gasteiger partial charge in [-0.2, -0.15) is 5.26 Å². The molecule has 0 spiro atoms. The molecule has 4 fully saturated rings. The topological polar surface area (TPSA) is 73.5 Å². The number of nitrogens with zero attached hydrogens (tertiary/aromatic N) is 1. The Bertz CT molecular complexity index is 574. The Balaban J connectivity index is 1.68. The van der Waals surface area contributed by atoms with Crippen molar-refractivity contribution in [2.24, 2.45) is 40.4 Å². The number of methoxy groups -OCH3 is 1. The first-order valence-electron chi connectivity index (χ1n) is 10.1. The van der Waals surface area contributed by atoms with Gasteiger partial charge < -0.3 is 14.9 Å². The summed E-state index contributed by atoms with van der Waals surface area (Å²) >= 11 is 0. The summed E-state index contributed by atoms with van der Waals surface area (Å²) in [4.78, 5) is 0. The first kappa shape index (κ1) is 17.8. The number of hydrogen-bond acceptors (Lipinski definition) is 4. The largest absolute Gasteiger partial charge is 0.393 e. The number of aliphatic hydroxyl groups is 2. The Morgan fingerprint density at radius 2 is 1.76 bits per heavy atom. The van der Waals surface area contributed by atoms with Gasteiger partial charge in [0, 0.05) is 7.11 Å². The Labute approximate surface area is 151 Å². The third-order valence-corrected chi connectivity index (χ3v) is 9.05. The van der Waals surface area contributed by atoms with Gasteiger partial charge in [0.15, 0.2) is 0 Å². The van der Waals surface area contributed by atoms with E-state index in [2.05, 4.69) is 19.9 Å². The molecule has 0 radical (unpaired) electrons. The van der Waals surface area contributed by atoms with Gasteiger partial charge in [0.2, 0.25) is 0 Å². The van der Waals surface area contributed by atoms with Crippen molar-refractivity contribution in [2.75, 3.05) is 7.11 Å². The molecule has 0 aromatic carbocycles. The molecule has 2 N–H and O–H groups in total. The van der Waals surface area contributed by atoms with E-state index >= 15 is 0 Å². The summed E-state index contributed by atoms with van der Waals surface area (Å²) in [7, 11) is 1.70. The Hall–Kier alpha value is -0.630. The molecule has 4 heteroatoms. The molecule has 4 aliphatic carbocycles. The molecule has 0 aliphatic heterocycles. The maximum Gasteiger partial charge on any atom is 0.0835 e. The molecule has 0 heterocycles. The molecule has 3 unspecified atom stereocenters. The maximum atomic E-state index is 11.2. The summed E-state index contributed by atoms with van der Waals surface area (Å²) < 4.78 is 5.60. The van der Waals surface area contributed by atoms with Crippen molar-refractivity contribution in [1.82, 2.24) is 0 Å². The quantitative estimate of drug-likeness (QED) is 0.764. The Morgan fingerprint density at radius 3 is 2.44 bits per heavy atom. The first-order valence-corrected chi connectivity index (χ1v) is 10.1. The fourth-order valence-corrected chi connectivity index (χ4v) is 7.83. The minimum atomic E-state index is -0.375. The van der Waals surface area contributed by atoms with E-state index in [0.29, 0.717) is 17.8 Å². The normalized spacial score (nSPS) is 57.9. The molecule has 4 saturated carbocycles. The van der Waals surface area contributed by atoms with Crippen LogP contribution in [0.4, 0.5) is 0 Å².